The number of piperidine rings is 1. The highest BCUT2D eigenvalue weighted by Crippen LogP contribution is 2.26. The second-order valence-corrected chi connectivity index (χ2v) is 5.59. The summed E-state index contributed by atoms with van der Waals surface area (Å²) >= 11 is 0. The fourth-order valence-electron chi connectivity index (χ4n) is 2.84. The Balaban J connectivity index is 1.67. The summed E-state index contributed by atoms with van der Waals surface area (Å²) in [5.74, 6) is 1.35. The summed E-state index contributed by atoms with van der Waals surface area (Å²) in [7, 11) is 0. The van der Waals surface area contributed by atoms with Crippen molar-refractivity contribution in [2.24, 2.45) is 0 Å². The SMILES string of the molecule is Cc1cncc([C@H]2CCCN(Cc3cc(C)on3)C2)n1. The number of likely N-dealkylation sites (tertiary alicyclic amines) is 1. The van der Waals surface area contributed by atoms with Crippen molar-refractivity contribution in [1.82, 2.24) is 20.0 Å². The van der Waals surface area contributed by atoms with Crippen molar-refractivity contribution in [2.75, 3.05) is 13.1 Å². The quantitative estimate of drug-likeness (QED) is 0.859. The number of nitrogens with zero attached hydrogens (tertiary/aromatic N) is 4. The zero-order valence-corrected chi connectivity index (χ0v) is 12.0. The molecule has 0 bridgehead atoms. The molecule has 1 aliphatic rings. The molecule has 20 heavy (non-hydrogen) atoms. The molecular weight excluding hydrogens is 252 g/mol. The zero-order valence-electron chi connectivity index (χ0n) is 12.0. The highest BCUT2D eigenvalue weighted by Gasteiger charge is 2.23. The Morgan fingerprint density at radius 2 is 2.25 bits per heavy atom. The minimum absolute atomic E-state index is 0.476. The van der Waals surface area contributed by atoms with Crippen molar-refractivity contribution in [2.45, 2.75) is 39.2 Å². The van der Waals surface area contributed by atoms with Crippen LogP contribution in [0.15, 0.2) is 23.0 Å². The van der Waals surface area contributed by atoms with E-state index in [4.69, 9.17) is 4.52 Å². The van der Waals surface area contributed by atoms with Gasteiger partial charge in [0.15, 0.2) is 0 Å². The monoisotopic (exact) mass is 272 g/mol. The van der Waals surface area contributed by atoms with Crippen LogP contribution in [-0.4, -0.2) is 33.1 Å². The van der Waals surface area contributed by atoms with Crippen LogP contribution in [0.2, 0.25) is 0 Å². The summed E-state index contributed by atoms with van der Waals surface area (Å²) in [6.45, 7) is 6.91. The molecule has 0 N–H and O–H groups in total. The van der Waals surface area contributed by atoms with E-state index in [0.29, 0.717) is 5.92 Å². The minimum atomic E-state index is 0.476. The van der Waals surface area contributed by atoms with E-state index in [0.717, 1.165) is 42.5 Å². The van der Waals surface area contributed by atoms with Crippen LogP contribution in [-0.2, 0) is 6.54 Å². The van der Waals surface area contributed by atoms with Gasteiger partial charge in [0.1, 0.15) is 5.76 Å². The maximum Gasteiger partial charge on any atom is 0.133 e. The number of aryl methyl sites for hydroxylation is 2. The largest absolute Gasteiger partial charge is 0.361 e. The Labute approximate surface area is 119 Å². The molecule has 5 nitrogen and oxygen atoms in total. The first kappa shape index (κ1) is 13.2. The third-order valence-corrected chi connectivity index (χ3v) is 3.76. The van der Waals surface area contributed by atoms with Crippen LogP contribution in [0.4, 0.5) is 0 Å². The highest BCUT2D eigenvalue weighted by molar-refractivity contribution is 5.10. The standard InChI is InChI=1S/C15H20N4O/c1-11-7-16-8-15(17-11)13-4-3-5-19(9-13)10-14-6-12(2)20-18-14/h6-8,13H,3-5,9-10H2,1-2H3/t13-/m0/s1. The summed E-state index contributed by atoms with van der Waals surface area (Å²) in [6, 6.07) is 2.01. The van der Waals surface area contributed by atoms with E-state index >= 15 is 0 Å². The Bertz CT molecular complexity index is 581. The summed E-state index contributed by atoms with van der Waals surface area (Å²) in [5, 5.41) is 4.08. The normalized spacial score (nSPS) is 20.2. The van der Waals surface area contributed by atoms with Gasteiger partial charge in [0, 0.05) is 37.5 Å². The molecule has 0 unspecified atom stereocenters. The van der Waals surface area contributed by atoms with Crippen LogP contribution in [0.5, 0.6) is 0 Å². The van der Waals surface area contributed by atoms with Crippen LogP contribution in [0.1, 0.15) is 41.6 Å². The van der Waals surface area contributed by atoms with Gasteiger partial charge in [-0.1, -0.05) is 5.16 Å². The molecule has 106 valence electrons. The Hall–Kier alpha value is -1.75. The average molecular weight is 272 g/mol. The van der Waals surface area contributed by atoms with Crippen LogP contribution in [0.25, 0.3) is 0 Å². The molecule has 0 spiro atoms. The summed E-state index contributed by atoms with van der Waals surface area (Å²) in [5.41, 5.74) is 3.12. The molecular formula is C15H20N4O. The van der Waals surface area contributed by atoms with Gasteiger partial charge in [-0.2, -0.15) is 0 Å². The Morgan fingerprint density at radius 3 is 3.00 bits per heavy atom. The Kier molecular flexibility index (Phi) is 3.78. The maximum atomic E-state index is 5.13. The van der Waals surface area contributed by atoms with Crippen LogP contribution in [0.3, 0.4) is 0 Å². The summed E-state index contributed by atoms with van der Waals surface area (Å²) in [4.78, 5) is 11.3. The number of aromatic nitrogens is 3. The van der Waals surface area contributed by atoms with Crippen molar-refractivity contribution >= 4 is 0 Å². The molecule has 1 fully saturated rings. The van der Waals surface area contributed by atoms with E-state index in [1.165, 1.54) is 12.8 Å². The van der Waals surface area contributed by atoms with Crippen molar-refractivity contribution in [3.05, 3.63) is 41.3 Å². The molecule has 1 saturated heterocycles. The molecule has 0 amide bonds. The van der Waals surface area contributed by atoms with E-state index < -0.39 is 0 Å². The van der Waals surface area contributed by atoms with Crippen molar-refractivity contribution in [1.29, 1.82) is 0 Å². The lowest BCUT2D eigenvalue weighted by atomic mass is 9.95. The van der Waals surface area contributed by atoms with Crippen molar-refractivity contribution < 1.29 is 4.52 Å². The summed E-state index contributed by atoms with van der Waals surface area (Å²) < 4.78 is 5.13. The van der Waals surface area contributed by atoms with Crippen molar-refractivity contribution in [3.8, 4) is 0 Å². The molecule has 5 heteroatoms. The smallest absolute Gasteiger partial charge is 0.133 e. The highest BCUT2D eigenvalue weighted by atomic mass is 16.5. The predicted octanol–water partition coefficient (Wildman–Crippen LogP) is 2.46. The van der Waals surface area contributed by atoms with Gasteiger partial charge in [0.25, 0.3) is 0 Å². The lowest BCUT2D eigenvalue weighted by Gasteiger charge is -2.31. The Morgan fingerprint density at radius 1 is 1.35 bits per heavy atom. The van der Waals surface area contributed by atoms with Gasteiger partial charge in [-0.3, -0.25) is 14.9 Å². The van der Waals surface area contributed by atoms with Crippen molar-refractivity contribution in [3.63, 3.8) is 0 Å². The van der Waals surface area contributed by atoms with E-state index in [9.17, 15) is 0 Å². The van der Waals surface area contributed by atoms with Gasteiger partial charge in [-0.15, -0.1) is 0 Å². The van der Waals surface area contributed by atoms with Crippen LogP contribution in [0, 0.1) is 13.8 Å². The fourth-order valence-corrected chi connectivity index (χ4v) is 2.84. The number of hydrogen-bond donors (Lipinski definition) is 0. The second kappa shape index (κ2) is 5.71. The zero-order chi connectivity index (χ0) is 13.9. The molecule has 2 aromatic heterocycles. The van der Waals surface area contributed by atoms with Gasteiger partial charge < -0.3 is 4.52 Å². The molecule has 3 rings (SSSR count). The minimum Gasteiger partial charge on any atom is -0.361 e. The fraction of sp³-hybridized carbons (Fsp3) is 0.533. The molecule has 2 aromatic rings. The molecule has 0 aliphatic carbocycles. The first-order valence-corrected chi connectivity index (χ1v) is 7.14. The summed E-state index contributed by atoms with van der Waals surface area (Å²) in [6.07, 6.45) is 6.09. The molecule has 1 aliphatic heterocycles. The van der Waals surface area contributed by atoms with Crippen LogP contribution >= 0.6 is 0 Å². The lowest BCUT2D eigenvalue weighted by Crippen LogP contribution is -2.34. The van der Waals surface area contributed by atoms with Gasteiger partial charge in [-0.05, 0) is 33.2 Å². The van der Waals surface area contributed by atoms with Gasteiger partial charge in [0.2, 0.25) is 0 Å². The van der Waals surface area contributed by atoms with E-state index in [1.54, 1.807) is 0 Å². The van der Waals surface area contributed by atoms with Gasteiger partial charge in [-0.25, -0.2) is 0 Å². The lowest BCUT2D eigenvalue weighted by molar-refractivity contribution is 0.193. The number of hydrogen-bond acceptors (Lipinski definition) is 5. The average Bonchev–Trinajstić information content (AvgIpc) is 2.84. The number of rotatable bonds is 3. The van der Waals surface area contributed by atoms with Gasteiger partial charge >= 0.3 is 0 Å². The topological polar surface area (TPSA) is 55.1 Å². The first-order chi connectivity index (χ1) is 9.70. The van der Waals surface area contributed by atoms with E-state index in [-0.39, 0.29) is 0 Å². The van der Waals surface area contributed by atoms with Gasteiger partial charge in [0.05, 0.1) is 17.1 Å². The molecule has 3 heterocycles. The molecule has 0 radical (unpaired) electrons. The first-order valence-electron chi connectivity index (χ1n) is 7.14. The van der Waals surface area contributed by atoms with E-state index in [2.05, 4.69) is 20.0 Å². The third kappa shape index (κ3) is 3.04. The van der Waals surface area contributed by atoms with E-state index in [1.807, 2.05) is 32.3 Å². The van der Waals surface area contributed by atoms with Crippen LogP contribution < -0.4 is 0 Å². The second-order valence-electron chi connectivity index (χ2n) is 5.59. The maximum absolute atomic E-state index is 5.13. The third-order valence-electron chi connectivity index (χ3n) is 3.76. The molecule has 0 aromatic carbocycles. The molecule has 1 atom stereocenters. The molecule has 0 saturated carbocycles. The predicted molar refractivity (Wildman–Crippen MR) is 75.3 cm³/mol.